The number of nitrogens with one attached hydrogen (secondary N) is 1. The van der Waals surface area contributed by atoms with E-state index in [-0.39, 0.29) is 0 Å². The van der Waals surface area contributed by atoms with Crippen LogP contribution in [0.4, 0.5) is 0 Å². The lowest BCUT2D eigenvalue weighted by Gasteiger charge is -2.32. The standard InChI is InChI=1S/C17H28N2/c1-14(2)12-17(8-4-5-9-17)13-19-15(3)16-6-10-18-11-7-16/h6-7,10-11,14-15,19H,4-5,8-9,12-13H2,1-3H3. The molecule has 1 heterocycles. The van der Waals surface area contributed by atoms with E-state index in [4.69, 9.17) is 0 Å². The first-order valence-corrected chi connectivity index (χ1v) is 7.75. The van der Waals surface area contributed by atoms with Gasteiger partial charge in [0.15, 0.2) is 0 Å². The maximum Gasteiger partial charge on any atom is 0.0293 e. The summed E-state index contributed by atoms with van der Waals surface area (Å²) in [4.78, 5) is 4.09. The third-order valence-electron chi connectivity index (χ3n) is 4.49. The minimum Gasteiger partial charge on any atom is -0.310 e. The lowest BCUT2D eigenvalue weighted by molar-refractivity contribution is 0.217. The first-order valence-electron chi connectivity index (χ1n) is 7.75. The van der Waals surface area contributed by atoms with Gasteiger partial charge in [-0.05, 0) is 55.2 Å². The van der Waals surface area contributed by atoms with Crippen LogP contribution in [0.2, 0.25) is 0 Å². The number of hydrogen-bond acceptors (Lipinski definition) is 2. The summed E-state index contributed by atoms with van der Waals surface area (Å²) >= 11 is 0. The molecule has 1 saturated carbocycles. The van der Waals surface area contributed by atoms with Gasteiger partial charge in [-0.3, -0.25) is 4.98 Å². The Hall–Kier alpha value is -0.890. The summed E-state index contributed by atoms with van der Waals surface area (Å²) in [5.41, 5.74) is 1.89. The molecule has 0 spiro atoms. The molecule has 1 aromatic heterocycles. The SMILES string of the molecule is CC(C)CC1(CNC(C)c2ccncc2)CCCC1. The molecule has 2 heteroatoms. The van der Waals surface area contributed by atoms with Crippen LogP contribution in [0.15, 0.2) is 24.5 Å². The molecular weight excluding hydrogens is 232 g/mol. The van der Waals surface area contributed by atoms with Crippen LogP contribution in [0.25, 0.3) is 0 Å². The third-order valence-corrected chi connectivity index (χ3v) is 4.49. The van der Waals surface area contributed by atoms with Gasteiger partial charge in [0.05, 0.1) is 0 Å². The number of rotatable bonds is 6. The van der Waals surface area contributed by atoms with E-state index in [1.807, 2.05) is 12.4 Å². The molecule has 2 rings (SSSR count). The van der Waals surface area contributed by atoms with Gasteiger partial charge >= 0.3 is 0 Å². The zero-order valence-corrected chi connectivity index (χ0v) is 12.7. The Bertz CT molecular complexity index is 366. The molecule has 1 aliphatic rings. The van der Waals surface area contributed by atoms with Crippen molar-refractivity contribution in [2.24, 2.45) is 11.3 Å². The molecule has 2 nitrogen and oxygen atoms in total. The Labute approximate surface area is 118 Å². The molecule has 106 valence electrons. The van der Waals surface area contributed by atoms with Crippen LogP contribution in [-0.2, 0) is 0 Å². The first-order chi connectivity index (χ1) is 9.11. The van der Waals surface area contributed by atoms with Crippen molar-refractivity contribution in [3.63, 3.8) is 0 Å². The van der Waals surface area contributed by atoms with E-state index in [9.17, 15) is 0 Å². The predicted molar refractivity (Wildman–Crippen MR) is 81.0 cm³/mol. The zero-order valence-electron chi connectivity index (χ0n) is 12.7. The normalized spacial score (nSPS) is 19.8. The highest BCUT2D eigenvalue weighted by molar-refractivity contribution is 5.14. The Balaban J connectivity index is 1.92. The van der Waals surface area contributed by atoms with E-state index >= 15 is 0 Å². The lowest BCUT2D eigenvalue weighted by Crippen LogP contribution is -2.34. The van der Waals surface area contributed by atoms with Gasteiger partial charge in [0, 0.05) is 25.0 Å². The fourth-order valence-electron chi connectivity index (χ4n) is 3.58. The topological polar surface area (TPSA) is 24.9 Å². The number of hydrogen-bond donors (Lipinski definition) is 1. The molecule has 0 aromatic carbocycles. The zero-order chi connectivity index (χ0) is 13.7. The van der Waals surface area contributed by atoms with E-state index < -0.39 is 0 Å². The molecule has 1 N–H and O–H groups in total. The van der Waals surface area contributed by atoms with E-state index in [0.29, 0.717) is 11.5 Å². The third kappa shape index (κ3) is 4.04. The summed E-state index contributed by atoms with van der Waals surface area (Å²) in [6, 6.07) is 4.65. The summed E-state index contributed by atoms with van der Waals surface area (Å²) in [6.45, 7) is 8.13. The Morgan fingerprint density at radius 1 is 1.16 bits per heavy atom. The summed E-state index contributed by atoms with van der Waals surface area (Å²) in [5, 5.41) is 3.76. The van der Waals surface area contributed by atoms with E-state index in [2.05, 4.69) is 43.2 Å². The second kappa shape index (κ2) is 6.51. The predicted octanol–water partition coefficient (Wildman–Crippen LogP) is 4.34. The van der Waals surface area contributed by atoms with Gasteiger partial charge in [-0.15, -0.1) is 0 Å². The summed E-state index contributed by atoms with van der Waals surface area (Å²) < 4.78 is 0. The van der Waals surface area contributed by atoms with E-state index in [0.717, 1.165) is 12.5 Å². The van der Waals surface area contributed by atoms with Crippen molar-refractivity contribution in [1.29, 1.82) is 0 Å². The van der Waals surface area contributed by atoms with Crippen LogP contribution in [0, 0.1) is 11.3 Å². The van der Waals surface area contributed by atoms with Gasteiger partial charge in [0.25, 0.3) is 0 Å². The maximum absolute atomic E-state index is 4.09. The highest BCUT2D eigenvalue weighted by atomic mass is 14.9. The average Bonchev–Trinajstić information content (AvgIpc) is 2.85. The van der Waals surface area contributed by atoms with Crippen LogP contribution in [0.5, 0.6) is 0 Å². The van der Waals surface area contributed by atoms with Gasteiger partial charge in [0.1, 0.15) is 0 Å². The van der Waals surface area contributed by atoms with Gasteiger partial charge in [-0.2, -0.15) is 0 Å². The fraction of sp³-hybridized carbons (Fsp3) is 0.706. The van der Waals surface area contributed by atoms with Crippen molar-refractivity contribution in [1.82, 2.24) is 10.3 Å². The maximum atomic E-state index is 4.09. The monoisotopic (exact) mass is 260 g/mol. The molecule has 0 aliphatic heterocycles. The Morgan fingerprint density at radius 2 is 1.79 bits per heavy atom. The highest BCUT2D eigenvalue weighted by Crippen LogP contribution is 2.42. The minimum atomic E-state index is 0.424. The number of nitrogens with zero attached hydrogens (tertiary/aromatic N) is 1. The second-order valence-corrected chi connectivity index (χ2v) is 6.69. The largest absolute Gasteiger partial charge is 0.310 e. The van der Waals surface area contributed by atoms with Gasteiger partial charge in [0.2, 0.25) is 0 Å². The Kier molecular flexibility index (Phi) is 4.98. The first kappa shape index (κ1) is 14.5. The molecule has 1 unspecified atom stereocenters. The minimum absolute atomic E-state index is 0.424. The molecule has 1 aliphatic carbocycles. The van der Waals surface area contributed by atoms with Crippen molar-refractivity contribution in [2.45, 2.75) is 58.9 Å². The van der Waals surface area contributed by atoms with E-state index in [1.165, 1.54) is 37.7 Å². The van der Waals surface area contributed by atoms with Crippen LogP contribution >= 0.6 is 0 Å². The quantitative estimate of drug-likeness (QED) is 0.823. The smallest absolute Gasteiger partial charge is 0.0293 e. The summed E-state index contributed by atoms with van der Waals surface area (Å²) in [5.74, 6) is 0.802. The van der Waals surface area contributed by atoms with Crippen molar-refractivity contribution < 1.29 is 0 Å². The molecule has 1 atom stereocenters. The molecule has 0 bridgehead atoms. The molecule has 0 saturated heterocycles. The molecular formula is C17H28N2. The molecule has 1 fully saturated rings. The van der Waals surface area contributed by atoms with Crippen molar-refractivity contribution in [3.8, 4) is 0 Å². The van der Waals surface area contributed by atoms with Gasteiger partial charge < -0.3 is 5.32 Å². The van der Waals surface area contributed by atoms with Crippen LogP contribution < -0.4 is 5.32 Å². The van der Waals surface area contributed by atoms with Crippen LogP contribution in [0.1, 0.15) is 64.5 Å². The van der Waals surface area contributed by atoms with Crippen LogP contribution in [-0.4, -0.2) is 11.5 Å². The van der Waals surface area contributed by atoms with Crippen molar-refractivity contribution >= 4 is 0 Å². The van der Waals surface area contributed by atoms with Gasteiger partial charge in [-0.1, -0.05) is 26.7 Å². The number of aromatic nitrogens is 1. The second-order valence-electron chi connectivity index (χ2n) is 6.69. The fourth-order valence-corrected chi connectivity index (χ4v) is 3.58. The highest BCUT2D eigenvalue weighted by Gasteiger charge is 2.34. The van der Waals surface area contributed by atoms with Crippen LogP contribution in [0.3, 0.4) is 0 Å². The molecule has 0 amide bonds. The molecule has 0 radical (unpaired) electrons. The molecule has 1 aromatic rings. The van der Waals surface area contributed by atoms with Crippen molar-refractivity contribution in [3.05, 3.63) is 30.1 Å². The van der Waals surface area contributed by atoms with Gasteiger partial charge in [-0.25, -0.2) is 0 Å². The number of pyridine rings is 1. The van der Waals surface area contributed by atoms with Crippen molar-refractivity contribution in [2.75, 3.05) is 6.54 Å². The Morgan fingerprint density at radius 3 is 2.37 bits per heavy atom. The molecule has 19 heavy (non-hydrogen) atoms. The average molecular weight is 260 g/mol. The van der Waals surface area contributed by atoms with E-state index in [1.54, 1.807) is 0 Å². The summed E-state index contributed by atoms with van der Waals surface area (Å²) in [6.07, 6.45) is 10.8. The lowest BCUT2D eigenvalue weighted by atomic mass is 9.78. The summed E-state index contributed by atoms with van der Waals surface area (Å²) in [7, 11) is 0.